The van der Waals surface area contributed by atoms with Crippen LogP contribution in [0, 0.1) is 0 Å². The van der Waals surface area contributed by atoms with Gasteiger partial charge < -0.3 is 26.6 Å². The first-order valence-electron chi connectivity index (χ1n) is 13.2. The van der Waals surface area contributed by atoms with Gasteiger partial charge in [0, 0.05) is 36.6 Å². The zero-order valence-corrected chi connectivity index (χ0v) is 29.2. The molecule has 11 heteroatoms. The van der Waals surface area contributed by atoms with E-state index in [0.29, 0.717) is 0 Å². The molecule has 0 aromatic carbocycles. The van der Waals surface area contributed by atoms with E-state index in [1.54, 1.807) is 31.4 Å². The highest BCUT2D eigenvalue weighted by atomic mass is 33.5. The molecule has 0 aliphatic carbocycles. The lowest BCUT2D eigenvalue weighted by Gasteiger charge is -2.40. The van der Waals surface area contributed by atoms with Crippen LogP contribution in [0.3, 0.4) is 0 Å². The van der Waals surface area contributed by atoms with Crippen molar-refractivity contribution in [2.45, 2.75) is 156 Å². The Morgan fingerprint density at radius 2 is 0.629 bits per heavy atom. The van der Waals surface area contributed by atoms with E-state index in [0.717, 1.165) is 12.8 Å². The average Bonchev–Trinajstić information content (AvgIpc) is 2.64. The van der Waals surface area contributed by atoms with E-state index in [2.05, 4.69) is 96.9 Å². The molecular weight excluding hydrogens is 537 g/mol. The molecule has 0 fully saturated rings. The molecule has 6 nitrogen and oxygen atoms in total. The minimum atomic E-state index is -2.97. The lowest BCUT2D eigenvalue weighted by atomic mass is 10.5. The van der Waals surface area contributed by atoms with Crippen LogP contribution in [0.4, 0.5) is 0 Å². The summed E-state index contributed by atoms with van der Waals surface area (Å²) in [5.41, 5.74) is 0. The molecule has 2 atom stereocenters. The van der Waals surface area contributed by atoms with Gasteiger partial charge in [-0.25, -0.2) is 0 Å². The second-order valence-electron chi connectivity index (χ2n) is 10.3. The van der Waals surface area contributed by atoms with Crippen molar-refractivity contribution in [1.29, 1.82) is 0 Å². The summed E-state index contributed by atoms with van der Waals surface area (Å²) >= 11 is 0. The van der Waals surface area contributed by atoms with Gasteiger partial charge in [-0.05, 0) is 106 Å². The quantitative estimate of drug-likeness (QED) is 0.103. The van der Waals surface area contributed by atoms with Crippen LogP contribution >= 0.6 is 31.4 Å². The Balaban J connectivity index is 5.90. The standard InChI is InChI=1S/C24H54O6S3Si2/c1-15-23(34(25-17(3)4,26-18(5)6)27-19(7)8)31-33-32-24(16-2)35(28-20(9)10,29-21(11)12)30-22(13)14/h17-24H,15-16H2,1-14H3. The van der Waals surface area contributed by atoms with Crippen molar-refractivity contribution < 1.29 is 26.6 Å². The van der Waals surface area contributed by atoms with Gasteiger partial charge >= 0.3 is 17.6 Å². The van der Waals surface area contributed by atoms with E-state index in [9.17, 15) is 0 Å². The van der Waals surface area contributed by atoms with E-state index in [1.165, 1.54) is 0 Å². The van der Waals surface area contributed by atoms with E-state index >= 15 is 0 Å². The maximum absolute atomic E-state index is 6.51. The van der Waals surface area contributed by atoms with Crippen LogP contribution in [0.5, 0.6) is 0 Å². The fourth-order valence-corrected chi connectivity index (χ4v) is 20.0. The molecule has 2 unspecified atom stereocenters. The Kier molecular flexibility index (Phi) is 18.4. The molecule has 0 saturated carbocycles. The molecule has 0 heterocycles. The van der Waals surface area contributed by atoms with E-state index in [4.69, 9.17) is 26.6 Å². The minimum absolute atomic E-state index is 0.0215. The van der Waals surface area contributed by atoms with Gasteiger partial charge in [-0.1, -0.05) is 35.4 Å². The molecule has 0 N–H and O–H groups in total. The Hall–Kier alpha value is 1.24. The molecule has 0 amide bonds. The third-order valence-electron chi connectivity index (χ3n) is 4.24. The maximum atomic E-state index is 6.51. The Morgan fingerprint density at radius 3 is 0.771 bits per heavy atom. The fourth-order valence-electron chi connectivity index (χ4n) is 3.46. The SMILES string of the molecule is CCC(SSSC(CC)[Si](OC(C)C)(OC(C)C)OC(C)C)[Si](OC(C)C)(OC(C)C)OC(C)C. The summed E-state index contributed by atoms with van der Waals surface area (Å²) in [7, 11) is -0.606. The third-order valence-corrected chi connectivity index (χ3v) is 19.5. The molecule has 0 aromatic heterocycles. The van der Waals surface area contributed by atoms with Crippen molar-refractivity contribution in [1.82, 2.24) is 0 Å². The molecule has 0 saturated heterocycles. The molecule has 0 bridgehead atoms. The minimum Gasteiger partial charge on any atom is -0.370 e. The van der Waals surface area contributed by atoms with Crippen molar-refractivity contribution in [3.8, 4) is 0 Å². The Morgan fingerprint density at radius 1 is 0.429 bits per heavy atom. The van der Waals surface area contributed by atoms with Crippen molar-refractivity contribution in [2.75, 3.05) is 0 Å². The van der Waals surface area contributed by atoms with Crippen LogP contribution < -0.4 is 0 Å². The van der Waals surface area contributed by atoms with Crippen LogP contribution in [-0.2, 0) is 26.6 Å². The van der Waals surface area contributed by atoms with E-state index in [1.807, 2.05) is 0 Å². The average molecular weight is 591 g/mol. The summed E-state index contributed by atoms with van der Waals surface area (Å²) < 4.78 is 39.0. The zero-order valence-electron chi connectivity index (χ0n) is 24.7. The predicted molar refractivity (Wildman–Crippen MR) is 160 cm³/mol. The molecule has 35 heavy (non-hydrogen) atoms. The lowest BCUT2D eigenvalue weighted by Crippen LogP contribution is -2.58. The highest BCUT2D eigenvalue weighted by molar-refractivity contribution is 9.09. The second kappa shape index (κ2) is 17.8. The fraction of sp³-hybridized carbons (Fsp3) is 1.00. The summed E-state index contributed by atoms with van der Waals surface area (Å²) in [5.74, 6) is 0. The summed E-state index contributed by atoms with van der Waals surface area (Å²) in [6, 6.07) is 0. The van der Waals surface area contributed by atoms with Crippen molar-refractivity contribution in [2.24, 2.45) is 0 Å². The van der Waals surface area contributed by atoms with Crippen LogP contribution in [0.2, 0.25) is 0 Å². The molecule has 212 valence electrons. The van der Waals surface area contributed by atoms with Crippen LogP contribution in [0.1, 0.15) is 110 Å². The maximum Gasteiger partial charge on any atom is 0.516 e. The van der Waals surface area contributed by atoms with E-state index < -0.39 is 17.6 Å². The molecule has 0 aliphatic rings. The van der Waals surface area contributed by atoms with Crippen LogP contribution in [-0.4, -0.2) is 64.0 Å². The molecule has 0 radical (unpaired) electrons. The van der Waals surface area contributed by atoms with Crippen molar-refractivity contribution in [3.63, 3.8) is 0 Å². The second-order valence-corrected chi connectivity index (χ2v) is 20.8. The van der Waals surface area contributed by atoms with Gasteiger partial charge in [-0.15, -0.1) is 0 Å². The molecule has 0 aromatic rings. The monoisotopic (exact) mass is 590 g/mol. The highest BCUT2D eigenvalue weighted by Gasteiger charge is 2.54. The van der Waals surface area contributed by atoms with Gasteiger partial charge in [-0.2, -0.15) is 0 Å². The smallest absolute Gasteiger partial charge is 0.370 e. The lowest BCUT2D eigenvalue weighted by molar-refractivity contribution is 0.000530. The van der Waals surface area contributed by atoms with Gasteiger partial charge in [0.1, 0.15) is 0 Å². The molecular formula is C24H54O6S3Si2. The summed E-state index contributed by atoms with van der Waals surface area (Å²) in [5, 5.41) is 0. The van der Waals surface area contributed by atoms with Gasteiger partial charge in [0.25, 0.3) is 0 Å². The molecule has 0 spiro atoms. The first kappa shape index (κ1) is 36.2. The van der Waals surface area contributed by atoms with Gasteiger partial charge in [0.2, 0.25) is 0 Å². The van der Waals surface area contributed by atoms with E-state index in [-0.39, 0.29) is 46.4 Å². The van der Waals surface area contributed by atoms with Crippen molar-refractivity contribution in [3.05, 3.63) is 0 Å². The number of hydrogen-bond acceptors (Lipinski definition) is 9. The topological polar surface area (TPSA) is 55.4 Å². The van der Waals surface area contributed by atoms with Crippen LogP contribution in [0.15, 0.2) is 0 Å². The number of hydrogen-bond donors (Lipinski definition) is 0. The molecule has 0 aliphatic heterocycles. The molecule has 0 rings (SSSR count). The largest absolute Gasteiger partial charge is 0.516 e. The normalized spacial score (nSPS) is 15.4. The summed E-state index contributed by atoms with van der Waals surface area (Å²) in [4.78, 5) is 0.202. The van der Waals surface area contributed by atoms with Gasteiger partial charge in [-0.3, -0.25) is 0 Å². The Bertz CT molecular complexity index is 454. The van der Waals surface area contributed by atoms with Crippen LogP contribution in [0.25, 0.3) is 0 Å². The first-order valence-corrected chi connectivity index (χ1v) is 20.4. The third kappa shape index (κ3) is 13.7. The number of rotatable bonds is 20. The first-order chi connectivity index (χ1) is 16.1. The van der Waals surface area contributed by atoms with Crippen molar-refractivity contribution >= 4 is 49.0 Å². The van der Waals surface area contributed by atoms with Gasteiger partial charge in [0.05, 0.1) is 9.75 Å². The summed E-state index contributed by atoms with van der Waals surface area (Å²) in [6.07, 6.45) is 1.91. The summed E-state index contributed by atoms with van der Waals surface area (Å²) in [6.45, 7) is 29.0. The zero-order chi connectivity index (χ0) is 27.4. The predicted octanol–water partition coefficient (Wildman–Crippen LogP) is 8.08. The highest BCUT2D eigenvalue weighted by Crippen LogP contribution is 2.48. The Labute approximate surface area is 230 Å². The van der Waals surface area contributed by atoms with Gasteiger partial charge in [0.15, 0.2) is 0 Å².